The maximum Gasteiger partial charge on any atom is 0.677 e. The SMILES string of the molecule is CC1=N/C(=C(/c2ccc(-c3cn(CC(=O)N4CCC[C@H]4C(=O)N[C@@H](CCCCN)C(=O)N[C@@H](CCCCN)C(=O)N[C@@H](CCCCN)C(=O)N[C@@H](CCCN=C(N)N)C(=O)N[C@@H](CCCCN)C(=O)N[C@H](C(N)=O)C(C)C)nn3)cc2)c2c(C)c(I)c(C)n2B(F)F)C(C)=C1I. The second-order valence-corrected chi connectivity index (χ2v) is 26.7. The number of unbranched alkanes of at least 4 members (excludes halogenated alkanes) is 4. The average Bonchev–Trinajstić information content (AvgIpc) is 1.59. The first-order valence-corrected chi connectivity index (χ1v) is 34.9. The number of halogens is 4. The first-order chi connectivity index (χ1) is 45.7. The van der Waals surface area contributed by atoms with Crippen molar-refractivity contribution >= 4 is 117 Å². The van der Waals surface area contributed by atoms with Gasteiger partial charge in [0.05, 0.1) is 17.6 Å². The van der Waals surface area contributed by atoms with Gasteiger partial charge >= 0.3 is 7.40 Å². The van der Waals surface area contributed by atoms with Crippen LogP contribution in [0.4, 0.5) is 8.63 Å². The summed E-state index contributed by atoms with van der Waals surface area (Å²) < 4.78 is 33.8. The third-order valence-electron chi connectivity index (χ3n) is 16.9. The van der Waals surface area contributed by atoms with E-state index in [1.807, 2.05) is 32.9 Å². The van der Waals surface area contributed by atoms with Gasteiger partial charge in [-0.2, -0.15) is 0 Å². The number of benzene rings is 1. The summed E-state index contributed by atoms with van der Waals surface area (Å²) in [5, 5.41) is 25.2. The summed E-state index contributed by atoms with van der Waals surface area (Å²) in [4.78, 5) is 123. The number of primary amides is 1. The van der Waals surface area contributed by atoms with Gasteiger partial charge in [-0.1, -0.05) is 43.3 Å². The molecule has 0 radical (unpaired) electrons. The number of nitrogens with one attached hydrogen (secondary N) is 6. The van der Waals surface area contributed by atoms with Crippen LogP contribution in [0.1, 0.15) is 153 Å². The minimum Gasteiger partial charge on any atom is -0.370 e. The topological polar surface area (TPSA) is 454 Å². The molecule has 2 aromatic heterocycles. The summed E-state index contributed by atoms with van der Waals surface area (Å²) in [5.41, 5.74) is 46.1. The van der Waals surface area contributed by atoms with E-state index in [1.165, 1.54) is 9.58 Å². The predicted molar refractivity (Wildman–Crippen MR) is 383 cm³/mol. The molecule has 2 aliphatic rings. The number of carbonyl (C=O) groups excluding carboxylic acids is 8. The Morgan fingerprint density at radius 2 is 1.14 bits per heavy atom. The Labute approximate surface area is 587 Å². The molecule has 2 aliphatic heterocycles. The van der Waals surface area contributed by atoms with E-state index in [4.69, 9.17) is 45.1 Å². The molecular weight excluding hydrogens is 1470 g/mol. The number of carbonyl (C=O) groups is 8. The lowest BCUT2D eigenvalue weighted by atomic mass is 9.93. The number of rotatable bonds is 40. The summed E-state index contributed by atoms with van der Waals surface area (Å²) >= 11 is 4.32. The van der Waals surface area contributed by atoms with Crippen LogP contribution < -0.4 is 72.0 Å². The van der Waals surface area contributed by atoms with Gasteiger partial charge in [-0.05, 0) is 224 Å². The lowest BCUT2D eigenvalue weighted by Gasteiger charge is -2.29. The molecule has 0 spiro atoms. The van der Waals surface area contributed by atoms with Crippen LogP contribution in [0.25, 0.3) is 16.8 Å². The zero-order valence-electron chi connectivity index (χ0n) is 55.8. The molecule has 5 rings (SSSR count). The van der Waals surface area contributed by atoms with Gasteiger partial charge < -0.3 is 81.4 Å². The minimum absolute atomic E-state index is 0.0194. The number of hydrogen-bond donors (Lipinski definition) is 13. The van der Waals surface area contributed by atoms with E-state index in [0.29, 0.717) is 122 Å². The standard InChI is InChI=1S/C63H97BF2I2N20O8/c1-35(2)53(56(73)90)83-61(95)45(20-10-14-30-72)80-60(94)46(21-15-31-76-63(74)75)81-58(92)43(18-8-12-28-70)78-57(91)42(17-7-11-27-69)79-59(93)44(19-9-13-29-71)82-62(96)48-22-16-32-87(48)49(89)34-86-33-47(84-85-86)40-23-25-41(26-24-40)50(54-36(3)51(67)38(5)77-54)55-37(4)52(68)39(6)88(55)64(65)66/h23-26,33,35,42-46,48,53H,7-22,27-32,34,69-72H2,1-6H3,(H2,73,90)(H,78,91)(H,79,93)(H,80,94)(H,81,92)(H,82,96)(H,83,95)(H4,74,75,76)/b54-50-/t42-,43-,44-,45-,46-,48-,53-/m0/s1. The van der Waals surface area contributed by atoms with Gasteiger partial charge in [-0.3, -0.25) is 57.0 Å². The van der Waals surface area contributed by atoms with Gasteiger partial charge in [0.15, 0.2) is 5.96 Å². The van der Waals surface area contributed by atoms with Crippen LogP contribution in [-0.4, -0.2) is 172 Å². The van der Waals surface area contributed by atoms with Crippen molar-refractivity contribution in [1.82, 2.24) is 56.3 Å². The third kappa shape index (κ3) is 22.6. The molecule has 28 nitrogen and oxygen atoms in total. The molecule has 3 aromatic rings. The van der Waals surface area contributed by atoms with E-state index in [1.54, 1.807) is 39.1 Å². The summed E-state index contributed by atoms with van der Waals surface area (Å²) in [5.74, 6) is -5.97. The summed E-state index contributed by atoms with van der Waals surface area (Å²) in [6.45, 7) is 11.9. The number of hydrogen-bond acceptors (Lipinski definition) is 16. The number of nitrogens with two attached hydrogens (primary N) is 7. The van der Waals surface area contributed by atoms with Crippen molar-refractivity contribution in [2.75, 3.05) is 39.3 Å². The lowest BCUT2D eigenvalue weighted by molar-refractivity contribution is -0.140. The molecule has 33 heteroatoms. The Morgan fingerprint density at radius 1 is 0.667 bits per heavy atom. The van der Waals surface area contributed by atoms with Gasteiger partial charge in [0.2, 0.25) is 47.3 Å². The van der Waals surface area contributed by atoms with Gasteiger partial charge in [0.1, 0.15) is 54.5 Å². The maximum absolute atomic E-state index is 14.9. The number of nitrogens with zero attached hydrogens (tertiary/aromatic N) is 7. The van der Waals surface area contributed by atoms with Crippen LogP contribution in [0.2, 0.25) is 0 Å². The largest absolute Gasteiger partial charge is 0.677 e. The monoisotopic (exact) mass is 1560 g/mol. The fourth-order valence-corrected chi connectivity index (χ4v) is 12.5. The molecule has 0 saturated carbocycles. The zero-order valence-corrected chi connectivity index (χ0v) is 60.1. The second kappa shape index (κ2) is 39.4. The first-order valence-electron chi connectivity index (χ1n) is 32.8. The molecule has 1 aromatic carbocycles. The fourth-order valence-electron chi connectivity index (χ4n) is 11.6. The molecule has 96 heavy (non-hydrogen) atoms. The highest BCUT2D eigenvalue weighted by molar-refractivity contribution is 14.1. The highest BCUT2D eigenvalue weighted by Crippen LogP contribution is 2.42. The predicted octanol–water partition coefficient (Wildman–Crippen LogP) is 2.29. The maximum atomic E-state index is 14.9. The van der Waals surface area contributed by atoms with Crippen molar-refractivity contribution in [2.45, 2.75) is 193 Å². The summed E-state index contributed by atoms with van der Waals surface area (Å²) in [6, 6.07) is -0.936. The van der Waals surface area contributed by atoms with Crippen LogP contribution in [0.5, 0.6) is 0 Å². The molecule has 0 aliphatic carbocycles. The van der Waals surface area contributed by atoms with Crippen molar-refractivity contribution in [1.29, 1.82) is 0 Å². The number of aliphatic imine (C=N–C) groups is 2. The smallest absolute Gasteiger partial charge is 0.370 e. The summed E-state index contributed by atoms with van der Waals surface area (Å²) in [7, 11) is -2.81. The Bertz CT molecular complexity index is 3320. The van der Waals surface area contributed by atoms with E-state index >= 15 is 0 Å². The molecule has 0 unspecified atom stereocenters. The highest BCUT2D eigenvalue weighted by atomic mass is 127. The van der Waals surface area contributed by atoms with E-state index < -0.39 is 97.0 Å². The van der Waals surface area contributed by atoms with Crippen molar-refractivity contribution in [3.05, 3.63) is 71.4 Å². The number of guanidine groups is 1. The second-order valence-electron chi connectivity index (χ2n) is 24.5. The van der Waals surface area contributed by atoms with Gasteiger partial charge in [-0.25, -0.2) is 4.68 Å². The molecule has 20 N–H and O–H groups in total. The zero-order chi connectivity index (χ0) is 70.9. The quantitative estimate of drug-likeness (QED) is 0.0128. The Balaban J connectivity index is 1.33. The molecule has 7 atom stereocenters. The molecule has 1 saturated heterocycles. The number of allylic oxidation sites excluding steroid dienone is 2. The normalized spacial score (nSPS) is 16.2. The molecule has 1 fully saturated rings. The van der Waals surface area contributed by atoms with Crippen LogP contribution in [0, 0.1) is 23.3 Å². The van der Waals surface area contributed by atoms with Crippen molar-refractivity contribution in [3.8, 4) is 11.3 Å². The third-order valence-corrected chi connectivity index (χ3v) is 20.1. The van der Waals surface area contributed by atoms with Gasteiger partial charge in [-0.15, -0.1) is 5.10 Å². The van der Waals surface area contributed by atoms with Crippen LogP contribution in [0.15, 0.2) is 55.3 Å². The Kier molecular flexibility index (Phi) is 32.8. The van der Waals surface area contributed by atoms with Crippen LogP contribution in [-0.2, 0) is 44.9 Å². The van der Waals surface area contributed by atoms with Gasteiger partial charge in [0.25, 0.3) is 0 Å². The molecular formula is C63H97BF2I2N20O8. The molecule has 8 amide bonds. The summed E-state index contributed by atoms with van der Waals surface area (Å²) in [6.07, 6.45) is 6.48. The van der Waals surface area contributed by atoms with Crippen molar-refractivity contribution < 1.29 is 47.0 Å². The Hall–Kier alpha value is -6.96. The molecule has 528 valence electrons. The van der Waals surface area contributed by atoms with Gasteiger partial charge in [0, 0.05) is 42.8 Å². The molecule has 4 heterocycles. The molecule has 0 bridgehead atoms. The number of amides is 8. The van der Waals surface area contributed by atoms with E-state index in [2.05, 4.69) is 92.4 Å². The highest BCUT2D eigenvalue weighted by Gasteiger charge is 2.39. The fraction of sp³-hybridized carbons (Fsp3) is 0.587. The lowest BCUT2D eigenvalue weighted by Crippen LogP contribution is -2.60. The average molecular weight is 1570 g/mol. The first kappa shape index (κ1) is 79.7. The van der Waals surface area contributed by atoms with Crippen molar-refractivity contribution in [3.63, 3.8) is 0 Å². The van der Waals surface area contributed by atoms with E-state index in [9.17, 15) is 47.0 Å². The van der Waals surface area contributed by atoms with E-state index in [-0.39, 0.29) is 83.1 Å². The van der Waals surface area contributed by atoms with Crippen LogP contribution in [0.3, 0.4) is 0 Å². The number of aromatic nitrogens is 4. The van der Waals surface area contributed by atoms with E-state index in [0.717, 1.165) is 22.9 Å². The Morgan fingerprint density at radius 3 is 1.56 bits per heavy atom. The van der Waals surface area contributed by atoms with Crippen molar-refractivity contribution in [2.24, 2.45) is 56.0 Å². The minimum atomic E-state index is -2.81. The number of likely N-dealkylation sites (tertiary alicyclic amines) is 1. The van der Waals surface area contributed by atoms with Crippen LogP contribution >= 0.6 is 45.2 Å².